The molecule has 0 atom stereocenters. The fourth-order valence-corrected chi connectivity index (χ4v) is 2.33. The van der Waals surface area contributed by atoms with Crippen molar-refractivity contribution in [3.8, 4) is 0 Å². The summed E-state index contributed by atoms with van der Waals surface area (Å²) in [5, 5.41) is 2.85. The maximum atomic E-state index is 12.3. The van der Waals surface area contributed by atoms with Gasteiger partial charge in [0.1, 0.15) is 0 Å². The normalized spacial score (nSPS) is 19.3. The minimum Gasteiger partial charge on any atom is -0.369 e. The van der Waals surface area contributed by atoms with Gasteiger partial charge in [-0.15, -0.1) is 0 Å². The Labute approximate surface area is 109 Å². The smallest absolute Gasteiger partial charge is 0.227 e. The highest BCUT2D eigenvalue weighted by molar-refractivity contribution is 5.85. The molecule has 0 aromatic carbocycles. The van der Waals surface area contributed by atoms with Gasteiger partial charge in [0.05, 0.1) is 10.8 Å². The molecule has 1 saturated carbocycles. The van der Waals surface area contributed by atoms with Crippen molar-refractivity contribution in [2.75, 3.05) is 13.1 Å². The molecular weight excluding hydrogens is 230 g/mol. The van der Waals surface area contributed by atoms with Crippen LogP contribution < -0.4 is 16.8 Å². The van der Waals surface area contributed by atoms with Crippen molar-refractivity contribution in [2.24, 2.45) is 22.3 Å². The van der Waals surface area contributed by atoms with E-state index in [0.29, 0.717) is 6.54 Å². The molecular formula is C13H25N3O2. The molecule has 0 aromatic heterocycles. The quantitative estimate of drug-likeness (QED) is 0.668. The van der Waals surface area contributed by atoms with Gasteiger partial charge in [-0.3, -0.25) is 9.59 Å². The molecule has 0 saturated heterocycles. The van der Waals surface area contributed by atoms with Crippen LogP contribution in [0.25, 0.3) is 0 Å². The van der Waals surface area contributed by atoms with Crippen LogP contribution in [0.4, 0.5) is 0 Å². The third kappa shape index (κ3) is 3.22. The van der Waals surface area contributed by atoms with Crippen LogP contribution in [0.3, 0.4) is 0 Å². The van der Waals surface area contributed by atoms with Gasteiger partial charge >= 0.3 is 0 Å². The number of nitrogens with one attached hydrogen (secondary N) is 1. The zero-order valence-corrected chi connectivity index (χ0v) is 11.4. The van der Waals surface area contributed by atoms with Crippen LogP contribution in [0.15, 0.2) is 0 Å². The van der Waals surface area contributed by atoms with Gasteiger partial charge in [0, 0.05) is 13.1 Å². The molecule has 1 fully saturated rings. The van der Waals surface area contributed by atoms with E-state index in [2.05, 4.69) is 5.32 Å². The lowest BCUT2D eigenvalue weighted by atomic mass is 9.73. The Hall–Kier alpha value is -1.10. The summed E-state index contributed by atoms with van der Waals surface area (Å²) in [6, 6.07) is 0. The monoisotopic (exact) mass is 255 g/mol. The summed E-state index contributed by atoms with van der Waals surface area (Å²) in [5.41, 5.74) is 9.91. The molecule has 0 bridgehead atoms. The fourth-order valence-electron chi connectivity index (χ4n) is 2.33. The molecule has 0 unspecified atom stereocenters. The van der Waals surface area contributed by atoms with Gasteiger partial charge < -0.3 is 16.8 Å². The Morgan fingerprint density at radius 3 is 2.22 bits per heavy atom. The molecule has 5 nitrogen and oxygen atoms in total. The predicted molar refractivity (Wildman–Crippen MR) is 70.6 cm³/mol. The first-order valence-electron chi connectivity index (χ1n) is 6.62. The van der Waals surface area contributed by atoms with E-state index in [0.717, 1.165) is 25.7 Å². The maximum absolute atomic E-state index is 12.3. The highest BCUT2D eigenvalue weighted by Gasteiger charge is 2.39. The first-order chi connectivity index (χ1) is 8.34. The van der Waals surface area contributed by atoms with Gasteiger partial charge in [-0.1, -0.05) is 19.3 Å². The number of hydrogen-bond acceptors (Lipinski definition) is 3. The lowest BCUT2D eigenvalue weighted by molar-refractivity contribution is -0.133. The lowest BCUT2D eigenvalue weighted by Crippen LogP contribution is -2.51. The molecule has 18 heavy (non-hydrogen) atoms. The van der Waals surface area contributed by atoms with Gasteiger partial charge in [-0.2, -0.15) is 0 Å². The number of rotatable bonds is 5. The lowest BCUT2D eigenvalue weighted by Gasteiger charge is -2.35. The highest BCUT2D eigenvalue weighted by Crippen LogP contribution is 2.35. The number of amides is 2. The summed E-state index contributed by atoms with van der Waals surface area (Å²) in [6.45, 7) is 4.09. The van der Waals surface area contributed by atoms with Crippen LogP contribution in [0.5, 0.6) is 0 Å². The molecule has 1 rings (SSSR count). The van der Waals surface area contributed by atoms with Crippen LogP contribution in [0.1, 0.15) is 46.0 Å². The summed E-state index contributed by atoms with van der Waals surface area (Å²) in [7, 11) is 0. The third-order valence-corrected chi connectivity index (χ3v) is 4.04. The Balaban J connectivity index is 2.61. The minimum atomic E-state index is -0.722. The summed E-state index contributed by atoms with van der Waals surface area (Å²) < 4.78 is 0. The van der Waals surface area contributed by atoms with E-state index in [-0.39, 0.29) is 12.5 Å². The van der Waals surface area contributed by atoms with Crippen LogP contribution in [-0.4, -0.2) is 24.9 Å². The maximum Gasteiger partial charge on any atom is 0.227 e. The van der Waals surface area contributed by atoms with Crippen molar-refractivity contribution in [3.63, 3.8) is 0 Å². The number of carbonyl (C=O) groups is 2. The van der Waals surface area contributed by atoms with Gasteiger partial charge in [0.15, 0.2) is 0 Å². The Morgan fingerprint density at radius 1 is 1.22 bits per heavy atom. The first kappa shape index (κ1) is 15.0. The largest absolute Gasteiger partial charge is 0.369 e. The van der Waals surface area contributed by atoms with Crippen molar-refractivity contribution in [1.29, 1.82) is 0 Å². The number of carbonyl (C=O) groups excluding carboxylic acids is 2. The van der Waals surface area contributed by atoms with E-state index >= 15 is 0 Å². The Bertz CT molecular complexity index is 320. The molecule has 0 radical (unpaired) electrons. The van der Waals surface area contributed by atoms with Crippen LogP contribution in [0, 0.1) is 10.8 Å². The van der Waals surface area contributed by atoms with Crippen molar-refractivity contribution in [3.05, 3.63) is 0 Å². The summed E-state index contributed by atoms with van der Waals surface area (Å²) in [4.78, 5) is 23.5. The van der Waals surface area contributed by atoms with E-state index in [1.54, 1.807) is 13.8 Å². The number of hydrogen-bond donors (Lipinski definition) is 3. The molecule has 0 heterocycles. The molecule has 0 aromatic rings. The number of primary amides is 1. The van der Waals surface area contributed by atoms with E-state index in [9.17, 15) is 9.59 Å². The average molecular weight is 255 g/mol. The molecule has 5 N–H and O–H groups in total. The van der Waals surface area contributed by atoms with Crippen molar-refractivity contribution in [1.82, 2.24) is 5.32 Å². The Morgan fingerprint density at radius 2 is 1.78 bits per heavy atom. The zero-order chi connectivity index (χ0) is 13.8. The Kier molecular flexibility index (Phi) is 4.73. The van der Waals surface area contributed by atoms with Gasteiger partial charge in [0.25, 0.3) is 0 Å². The predicted octanol–water partition coefficient (Wildman–Crippen LogP) is 0.523. The zero-order valence-electron chi connectivity index (χ0n) is 11.4. The van der Waals surface area contributed by atoms with Crippen LogP contribution >= 0.6 is 0 Å². The van der Waals surface area contributed by atoms with Gasteiger partial charge in [-0.25, -0.2) is 0 Å². The van der Waals surface area contributed by atoms with Gasteiger partial charge in [0.2, 0.25) is 11.8 Å². The first-order valence-corrected chi connectivity index (χ1v) is 6.62. The number of nitrogens with two attached hydrogens (primary N) is 2. The van der Waals surface area contributed by atoms with Crippen LogP contribution in [0.2, 0.25) is 0 Å². The second kappa shape index (κ2) is 5.69. The van der Waals surface area contributed by atoms with E-state index in [1.807, 2.05) is 0 Å². The fraction of sp³-hybridized carbons (Fsp3) is 0.846. The summed E-state index contributed by atoms with van der Waals surface area (Å²) in [5.74, 6) is -0.438. The van der Waals surface area contributed by atoms with Gasteiger partial charge in [-0.05, 0) is 26.7 Å². The second-order valence-corrected chi connectivity index (χ2v) is 5.98. The standard InChI is InChI=1S/C13H25N3O2/c1-12(2,10(15)17)9-16-11(18)13(8-14)6-4-3-5-7-13/h3-9,14H2,1-2H3,(H2,15,17)(H,16,18). The van der Waals surface area contributed by atoms with Crippen molar-refractivity contribution >= 4 is 11.8 Å². The third-order valence-electron chi connectivity index (χ3n) is 4.04. The molecule has 1 aliphatic rings. The molecule has 5 heteroatoms. The second-order valence-electron chi connectivity index (χ2n) is 5.98. The molecule has 2 amide bonds. The van der Waals surface area contributed by atoms with E-state index < -0.39 is 16.7 Å². The van der Waals surface area contributed by atoms with Crippen molar-refractivity contribution < 1.29 is 9.59 Å². The molecule has 0 aliphatic heterocycles. The van der Waals surface area contributed by atoms with Crippen LogP contribution in [-0.2, 0) is 9.59 Å². The van der Waals surface area contributed by atoms with E-state index in [1.165, 1.54) is 6.42 Å². The molecule has 104 valence electrons. The van der Waals surface area contributed by atoms with E-state index in [4.69, 9.17) is 11.5 Å². The minimum absolute atomic E-state index is 0.0287. The van der Waals surface area contributed by atoms with Crippen molar-refractivity contribution in [2.45, 2.75) is 46.0 Å². The SMILES string of the molecule is CC(C)(CNC(=O)C1(CN)CCCCC1)C(N)=O. The molecule has 1 aliphatic carbocycles. The summed E-state index contributed by atoms with van der Waals surface area (Å²) >= 11 is 0. The molecule has 0 spiro atoms. The topological polar surface area (TPSA) is 98.2 Å². The average Bonchev–Trinajstić information content (AvgIpc) is 2.36. The summed E-state index contributed by atoms with van der Waals surface area (Å²) in [6.07, 6.45) is 4.94. The highest BCUT2D eigenvalue weighted by atomic mass is 16.2.